The maximum absolute atomic E-state index is 12.0. The molecule has 4 nitrogen and oxygen atoms in total. The normalized spacial score (nSPS) is 17.0. The number of rotatable bonds is 4. The fourth-order valence-corrected chi connectivity index (χ4v) is 4.01. The number of carbonyl (C=O) groups excluding carboxylic acids is 1. The number of hydrogen-bond donors (Lipinski definition) is 1. The van der Waals surface area contributed by atoms with Gasteiger partial charge in [-0.15, -0.1) is 11.3 Å². The number of anilines is 2. The van der Waals surface area contributed by atoms with Crippen molar-refractivity contribution in [3.05, 3.63) is 29.1 Å². The van der Waals surface area contributed by atoms with Gasteiger partial charge in [0.1, 0.15) is 0 Å². The number of aromatic nitrogens is 1. The quantitative estimate of drug-likeness (QED) is 0.920. The van der Waals surface area contributed by atoms with E-state index in [4.69, 9.17) is 4.98 Å². The molecule has 0 radical (unpaired) electrons. The van der Waals surface area contributed by atoms with Crippen LogP contribution in [-0.2, 0) is 11.2 Å². The van der Waals surface area contributed by atoms with Gasteiger partial charge in [0.05, 0.1) is 5.69 Å². The van der Waals surface area contributed by atoms with Crippen molar-refractivity contribution in [2.75, 3.05) is 16.8 Å². The smallest absolute Gasteiger partial charge is 0.226 e. The largest absolute Gasteiger partial charge is 0.359 e. The number of nitrogens with one attached hydrogen (secondary N) is 1. The Balaban J connectivity index is 1.55. The number of benzene rings is 1. The van der Waals surface area contributed by atoms with Crippen molar-refractivity contribution in [2.24, 2.45) is 0 Å². The van der Waals surface area contributed by atoms with Crippen LogP contribution in [0.5, 0.6) is 0 Å². The van der Waals surface area contributed by atoms with Crippen LogP contribution in [0.1, 0.15) is 38.2 Å². The minimum Gasteiger partial charge on any atom is -0.359 e. The van der Waals surface area contributed by atoms with E-state index in [0.717, 1.165) is 35.0 Å². The van der Waals surface area contributed by atoms with Crippen molar-refractivity contribution in [1.82, 2.24) is 4.98 Å². The Morgan fingerprint density at radius 1 is 1.43 bits per heavy atom. The van der Waals surface area contributed by atoms with E-state index in [-0.39, 0.29) is 5.91 Å². The minimum atomic E-state index is 0.206. The second-order valence-electron chi connectivity index (χ2n) is 6.30. The molecule has 0 atom stereocenters. The molecule has 1 amide bonds. The van der Waals surface area contributed by atoms with Crippen molar-refractivity contribution in [2.45, 2.75) is 45.1 Å². The van der Waals surface area contributed by atoms with E-state index in [9.17, 15) is 4.79 Å². The minimum absolute atomic E-state index is 0.206. The van der Waals surface area contributed by atoms with E-state index < -0.39 is 0 Å². The lowest BCUT2D eigenvalue weighted by atomic mass is 9.93. The lowest BCUT2D eigenvalue weighted by molar-refractivity contribution is -0.118. The van der Waals surface area contributed by atoms with E-state index in [1.807, 2.05) is 11.8 Å². The summed E-state index contributed by atoms with van der Waals surface area (Å²) in [5, 5.41) is 6.64. The van der Waals surface area contributed by atoms with Gasteiger partial charge in [0.15, 0.2) is 5.13 Å². The van der Waals surface area contributed by atoms with Gasteiger partial charge in [0, 0.05) is 35.6 Å². The number of nitrogens with zero attached hydrogens (tertiary/aromatic N) is 2. The molecule has 0 spiro atoms. The summed E-state index contributed by atoms with van der Waals surface area (Å²) < 4.78 is 0. The Morgan fingerprint density at radius 3 is 3.04 bits per heavy atom. The van der Waals surface area contributed by atoms with Crippen LogP contribution in [-0.4, -0.2) is 23.5 Å². The lowest BCUT2D eigenvalue weighted by Crippen LogP contribution is -2.27. The Morgan fingerprint density at radius 2 is 2.30 bits per heavy atom. The Bertz CT molecular complexity index is 736. The van der Waals surface area contributed by atoms with E-state index in [1.165, 1.54) is 24.8 Å². The molecule has 2 aliphatic rings. The van der Waals surface area contributed by atoms with Crippen molar-refractivity contribution >= 4 is 28.1 Å². The summed E-state index contributed by atoms with van der Waals surface area (Å²) in [6, 6.07) is 6.97. The Hall–Kier alpha value is -1.88. The molecule has 2 aromatic rings. The zero-order valence-electron chi connectivity index (χ0n) is 13.3. The van der Waals surface area contributed by atoms with Gasteiger partial charge in [0.25, 0.3) is 0 Å². The first-order chi connectivity index (χ1) is 11.2. The van der Waals surface area contributed by atoms with Crippen LogP contribution in [0, 0.1) is 0 Å². The topological polar surface area (TPSA) is 45.2 Å². The molecule has 1 aromatic heterocycles. The molecule has 4 rings (SSSR count). The molecule has 1 fully saturated rings. The van der Waals surface area contributed by atoms with Crippen molar-refractivity contribution in [1.29, 1.82) is 0 Å². The SMILES string of the molecule is CCC(=O)N1CCc2cc(-c3csc(NC4CCC4)n3)ccc21. The molecule has 1 aliphatic heterocycles. The van der Waals surface area contributed by atoms with E-state index in [0.29, 0.717) is 12.5 Å². The van der Waals surface area contributed by atoms with Crippen LogP contribution < -0.4 is 10.2 Å². The lowest BCUT2D eigenvalue weighted by Gasteiger charge is -2.25. The molecule has 0 saturated heterocycles. The number of hydrogen-bond acceptors (Lipinski definition) is 4. The van der Waals surface area contributed by atoms with Crippen LogP contribution in [0.15, 0.2) is 23.6 Å². The first kappa shape index (κ1) is 14.7. The monoisotopic (exact) mass is 327 g/mol. The fourth-order valence-electron chi connectivity index (χ4n) is 3.21. The van der Waals surface area contributed by atoms with Gasteiger partial charge in [-0.25, -0.2) is 4.98 Å². The highest BCUT2D eigenvalue weighted by Crippen LogP contribution is 2.34. The second kappa shape index (κ2) is 5.96. The number of thiazole rings is 1. The van der Waals surface area contributed by atoms with Crippen LogP contribution >= 0.6 is 11.3 Å². The fraction of sp³-hybridized carbons (Fsp3) is 0.444. The van der Waals surface area contributed by atoms with E-state index >= 15 is 0 Å². The molecule has 2 heterocycles. The molecule has 23 heavy (non-hydrogen) atoms. The molecule has 1 aliphatic carbocycles. The summed E-state index contributed by atoms with van der Waals surface area (Å²) >= 11 is 1.68. The average Bonchev–Trinajstić information content (AvgIpc) is 3.16. The molecule has 120 valence electrons. The third kappa shape index (κ3) is 2.74. The standard InChI is InChI=1S/C18H21N3OS/c1-2-17(22)21-9-8-13-10-12(6-7-16(13)21)15-11-23-18(20-15)19-14-4-3-5-14/h6-7,10-11,14H,2-5,8-9H2,1H3,(H,19,20). The van der Waals surface area contributed by atoms with Gasteiger partial charge in [-0.3, -0.25) is 4.79 Å². The number of carbonyl (C=O) groups is 1. The summed E-state index contributed by atoms with van der Waals surface area (Å²) in [6.45, 7) is 2.72. The summed E-state index contributed by atoms with van der Waals surface area (Å²) in [5.74, 6) is 0.206. The molecule has 0 unspecified atom stereocenters. The summed E-state index contributed by atoms with van der Waals surface area (Å²) in [7, 11) is 0. The van der Waals surface area contributed by atoms with Gasteiger partial charge in [0.2, 0.25) is 5.91 Å². The zero-order chi connectivity index (χ0) is 15.8. The summed E-state index contributed by atoms with van der Waals surface area (Å²) in [6.07, 6.45) is 5.34. The van der Waals surface area contributed by atoms with Gasteiger partial charge >= 0.3 is 0 Å². The van der Waals surface area contributed by atoms with Crippen molar-refractivity contribution in [3.8, 4) is 11.3 Å². The average molecular weight is 327 g/mol. The highest BCUT2D eigenvalue weighted by molar-refractivity contribution is 7.14. The van der Waals surface area contributed by atoms with Crippen LogP contribution in [0.25, 0.3) is 11.3 Å². The van der Waals surface area contributed by atoms with Gasteiger partial charge in [-0.05, 0) is 43.4 Å². The third-order valence-electron chi connectivity index (χ3n) is 4.81. The molecular weight excluding hydrogens is 306 g/mol. The number of fused-ring (bicyclic) bond motifs is 1. The Kier molecular flexibility index (Phi) is 3.81. The maximum Gasteiger partial charge on any atom is 0.226 e. The van der Waals surface area contributed by atoms with Crippen molar-refractivity contribution in [3.63, 3.8) is 0 Å². The van der Waals surface area contributed by atoms with E-state index in [1.54, 1.807) is 11.3 Å². The Labute approximate surface area is 140 Å². The highest BCUT2D eigenvalue weighted by Gasteiger charge is 2.24. The first-order valence-electron chi connectivity index (χ1n) is 8.40. The number of amides is 1. The van der Waals surface area contributed by atoms with Crippen LogP contribution in [0.2, 0.25) is 0 Å². The zero-order valence-corrected chi connectivity index (χ0v) is 14.2. The molecule has 5 heteroatoms. The third-order valence-corrected chi connectivity index (χ3v) is 5.58. The maximum atomic E-state index is 12.0. The second-order valence-corrected chi connectivity index (χ2v) is 7.16. The van der Waals surface area contributed by atoms with Gasteiger partial charge in [-0.1, -0.05) is 13.0 Å². The molecule has 1 saturated carbocycles. The van der Waals surface area contributed by atoms with Crippen LogP contribution in [0.3, 0.4) is 0 Å². The van der Waals surface area contributed by atoms with Crippen LogP contribution in [0.4, 0.5) is 10.8 Å². The molecule has 0 bridgehead atoms. The van der Waals surface area contributed by atoms with Gasteiger partial charge < -0.3 is 10.2 Å². The highest BCUT2D eigenvalue weighted by atomic mass is 32.1. The molecule has 1 aromatic carbocycles. The molecular formula is C18H21N3OS. The molecule has 1 N–H and O–H groups in total. The first-order valence-corrected chi connectivity index (χ1v) is 9.28. The summed E-state index contributed by atoms with van der Waals surface area (Å²) in [5.41, 5.74) is 4.50. The van der Waals surface area contributed by atoms with Crippen molar-refractivity contribution < 1.29 is 4.79 Å². The van der Waals surface area contributed by atoms with E-state index in [2.05, 4.69) is 28.9 Å². The van der Waals surface area contributed by atoms with Gasteiger partial charge in [-0.2, -0.15) is 0 Å². The predicted molar refractivity (Wildman–Crippen MR) is 95.2 cm³/mol. The summed E-state index contributed by atoms with van der Waals surface area (Å²) in [4.78, 5) is 18.6. The predicted octanol–water partition coefficient (Wildman–Crippen LogP) is 4.07.